The molecule has 34 heavy (non-hydrogen) atoms. The normalized spacial score (nSPS) is 14.8. The maximum atomic E-state index is 14.6. The summed E-state index contributed by atoms with van der Waals surface area (Å²) in [6, 6.07) is 10.7. The van der Waals surface area contributed by atoms with Crippen LogP contribution in [-0.4, -0.2) is 61.9 Å². The second-order valence-electron chi connectivity index (χ2n) is 8.77. The second-order valence-corrected chi connectivity index (χ2v) is 8.77. The minimum Gasteiger partial charge on any atom is -0.369 e. The van der Waals surface area contributed by atoms with Gasteiger partial charge in [0.05, 0.1) is 17.9 Å². The summed E-state index contributed by atoms with van der Waals surface area (Å²) in [5.41, 5.74) is 4.44. The van der Waals surface area contributed by atoms with Crippen LogP contribution in [0.5, 0.6) is 0 Å². The molecule has 0 amide bonds. The van der Waals surface area contributed by atoms with Crippen LogP contribution >= 0.6 is 0 Å². The molecule has 1 saturated heterocycles. The number of hydrogen-bond acceptors (Lipinski definition) is 7. The van der Waals surface area contributed by atoms with E-state index in [1.54, 1.807) is 12.4 Å². The van der Waals surface area contributed by atoms with Crippen molar-refractivity contribution in [3.05, 3.63) is 54.7 Å². The van der Waals surface area contributed by atoms with Gasteiger partial charge in [-0.1, -0.05) is 0 Å². The zero-order chi connectivity index (χ0) is 23.7. The molecule has 1 aliphatic rings. The molecule has 1 fully saturated rings. The Labute approximate surface area is 198 Å². The monoisotopic (exact) mass is 460 g/mol. The van der Waals surface area contributed by atoms with E-state index in [0.29, 0.717) is 24.1 Å². The van der Waals surface area contributed by atoms with Crippen molar-refractivity contribution in [1.29, 1.82) is 0 Å². The number of fused-ring (bicyclic) bond motifs is 1. The summed E-state index contributed by atoms with van der Waals surface area (Å²) in [6.45, 7) is 11.4. The lowest BCUT2D eigenvalue weighted by Crippen LogP contribution is -2.48. The number of halogens is 1. The minimum atomic E-state index is -0.495. The standard InChI is InChI=1S/C25H29FN8/c1-4-34-23-13-18(14-27-22(23)16-29-34)24-21(26)15-28-25(31-24)30-19-5-7-20(8-6-19)33-11-9-32(10-12-33)17(2)3/h5-8,13-17H,4,9-12H2,1-3H3,(H,28,30,31). The molecule has 8 nitrogen and oxygen atoms in total. The van der Waals surface area contributed by atoms with Crippen LogP contribution in [0.2, 0.25) is 0 Å². The number of nitrogens with zero attached hydrogens (tertiary/aromatic N) is 7. The first-order valence-electron chi connectivity index (χ1n) is 11.7. The van der Waals surface area contributed by atoms with Crippen LogP contribution in [0.3, 0.4) is 0 Å². The third kappa shape index (κ3) is 4.43. The van der Waals surface area contributed by atoms with Gasteiger partial charge in [0.2, 0.25) is 5.95 Å². The molecule has 9 heteroatoms. The van der Waals surface area contributed by atoms with E-state index in [9.17, 15) is 4.39 Å². The molecule has 0 aliphatic carbocycles. The Hall–Kier alpha value is -3.59. The van der Waals surface area contributed by atoms with Crippen LogP contribution in [-0.2, 0) is 6.54 Å². The van der Waals surface area contributed by atoms with Gasteiger partial charge in [-0.3, -0.25) is 14.6 Å². The highest BCUT2D eigenvalue weighted by molar-refractivity contribution is 5.79. The van der Waals surface area contributed by atoms with Crippen molar-refractivity contribution < 1.29 is 4.39 Å². The number of anilines is 3. The predicted octanol–water partition coefficient (Wildman–Crippen LogP) is 4.32. The lowest BCUT2D eigenvalue weighted by atomic mass is 10.2. The average Bonchev–Trinajstić information content (AvgIpc) is 3.28. The molecule has 0 radical (unpaired) electrons. The van der Waals surface area contributed by atoms with Gasteiger partial charge in [0.15, 0.2) is 5.82 Å². The smallest absolute Gasteiger partial charge is 0.227 e. The number of benzene rings is 1. The van der Waals surface area contributed by atoms with Gasteiger partial charge >= 0.3 is 0 Å². The first kappa shape index (κ1) is 22.2. The van der Waals surface area contributed by atoms with Crippen LogP contribution < -0.4 is 10.2 Å². The molecular weight excluding hydrogens is 431 g/mol. The quantitative estimate of drug-likeness (QED) is 0.459. The van der Waals surface area contributed by atoms with Crippen LogP contribution in [0.1, 0.15) is 20.8 Å². The third-order valence-electron chi connectivity index (χ3n) is 6.35. The molecule has 0 saturated carbocycles. The Morgan fingerprint density at radius 1 is 1.00 bits per heavy atom. The first-order valence-corrected chi connectivity index (χ1v) is 11.7. The van der Waals surface area contributed by atoms with Crippen molar-refractivity contribution in [3.8, 4) is 11.3 Å². The van der Waals surface area contributed by atoms with E-state index in [1.807, 2.05) is 29.8 Å². The predicted molar refractivity (Wildman–Crippen MR) is 133 cm³/mol. The number of piperazine rings is 1. The van der Waals surface area contributed by atoms with E-state index >= 15 is 0 Å². The molecular formula is C25H29FN8. The van der Waals surface area contributed by atoms with Crippen molar-refractivity contribution >= 4 is 28.4 Å². The van der Waals surface area contributed by atoms with E-state index in [-0.39, 0.29) is 5.69 Å². The summed E-state index contributed by atoms with van der Waals surface area (Å²) in [5, 5.41) is 7.50. The molecule has 4 heterocycles. The average molecular weight is 461 g/mol. The summed E-state index contributed by atoms with van der Waals surface area (Å²) >= 11 is 0. The SMILES string of the molecule is CCn1ncc2ncc(-c3nc(Nc4ccc(N5CCN(C(C)C)CC5)cc4)ncc3F)cc21. The largest absolute Gasteiger partial charge is 0.369 e. The van der Waals surface area contributed by atoms with Crippen molar-refractivity contribution in [3.63, 3.8) is 0 Å². The maximum Gasteiger partial charge on any atom is 0.227 e. The van der Waals surface area contributed by atoms with E-state index < -0.39 is 5.82 Å². The van der Waals surface area contributed by atoms with Crippen LogP contribution in [0.4, 0.5) is 21.7 Å². The van der Waals surface area contributed by atoms with Crippen molar-refractivity contribution in [2.75, 3.05) is 36.4 Å². The molecule has 4 aromatic rings. The third-order valence-corrected chi connectivity index (χ3v) is 6.35. The molecule has 1 N–H and O–H groups in total. The van der Waals surface area contributed by atoms with Crippen molar-refractivity contribution in [2.24, 2.45) is 0 Å². The van der Waals surface area contributed by atoms with E-state index in [1.165, 1.54) is 11.9 Å². The highest BCUT2D eigenvalue weighted by Crippen LogP contribution is 2.26. The fraction of sp³-hybridized carbons (Fsp3) is 0.360. The zero-order valence-corrected chi connectivity index (χ0v) is 19.7. The van der Waals surface area contributed by atoms with Crippen molar-refractivity contribution in [1.82, 2.24) is 29.6 Å². The van der Waals surface area contributed by atoms with E-state index in [2.05, 4.69) is 61.1 Å². The van der Waals surface area contributed by atoms with Gasteiger partial charge in [0.1, 0.15) is 11.2 Å². The Bertz CT molecular complexity index is 1280. The second kappa shape index (κ2) is 9.34. The Balaban J connectivity index is 1.32. The van der Waals surface area contributed by atoms with Gasteiger partial charge in [-0.2, -0.15) is 5.10 Å². The number of rotatable bonds is 6. The first-order chi connectivity index (χ1) is 16.5. The molecule has 0 atom stereocenters. The van der Waals surface area contributed by atoms with Gasteiger partial charge in [-0.25, -0.2) is 14.4 Å². The molecule has 5 rings (SSSR count). The van der Waals surface area contributed by atoms with E-state index in [4.69, 9.17) is 0 Å². The lowest BCUT2D eigenvalue weighted by molar-refractivity contribution is 0.209. The summed E-state index contributed by atoms with van der Waals surface area (Å²) in [4.78, 5) is 17.9. The Kier molecular flexibility index (Phi) is 6.10. The van der Waals surface area contributed by atoms with Crippen LogP contribution in [0.25, 0.3) is 22.3 Å². The van der Waals surface area contributed by atoms with Gasteiger partial charge in [-0.15, -0.1) is 0 Å². The highest BCUT2D eigenvalue weighted by atomic mass is 19.1. The highest BCUT2D eigenvalue weighted by Gasteiger charge is 2.19. The van der Waals surface area contributed by atoms with Gasteiger partial charge in [0.25, 0.3) is 0 Å². The zero-order valence-electron chi connectivity index (χ0n) is 19.7. The fourth-order valence-electron chi connectivity index (χ4n) is 4.35. The number of nitrogens with one attached hydrogen (secondary N) is 1. The number of pyridine rings is 1. The molecule has 0 spiro atoms. The summed E-state index contributed by atoms with van der Waals surface area (Å²) in [7, 11) is 0. The van der Waals surface area contributed by atoms with Crippen LogP contribution in [0, 0.1) is 5.82 Å². The molecule has 1 aliphatic heterocycles. The molecule has 176 valence electrons. The minimum absolute atomic E-state index is 0.204. The lowest BCUT2D eigenvalue weighted by Gasteiger charge is -2.38. The van der Waals surface area contributed by atoms with Crippen molar-refractivity contribution in [2.45, 2.75) is 33.4 Å². The number of hydrogen-bond donors (Lipinski definition) is 1. The summed E-state index contributed by atoms with van der Waals surface area (Å²) < 4.78 is 16.5. The van der Waals surface area contributed by atoms with Gasteiger partial charge in [0, 0.05) is 61.9 Å². The van der Waals surface area contributed by atoms with E-state index in [0.717, 1.165) is 42.9 Å². The number of aromatic nitrogens is 5. The molecule has 1 aromatic carbocycles. The van der Waals surface area contributed by atoms with Gasteiger partial charge < -0.3 is 10.2 Å². The van der Waals surface area contributed by atoms with Crippen LogP contribution in [0.15, 0.2) is 48.9 Å². The molecule has 3 aromatic heterocycles. The number of aryl methyl sites for hydroxylation is 1. The topological polar surface area (TPSA) is 75.0 Å². The summed E-state index contributed by atoms with van der Waals surface area (Å²) in [5.74, 6) is -0.163. The van der Waals surface area contributed by atoms with Gasteiger partial charge in [-0.05, 0) is 51.1 Å². The summed E-state index contributed by atoms with van der Waals surface area (Å²) in [6.07, 6.45) is 4.52. The Morgan fingerprint density at radius 3 is 2.47 bits per heavy atom. The molecule has 0 bridgehead atoms. The Morgan fingerprint density at radius 2 is 1.76 bits per heavy atom. The maximum absolute atomic E-state index is 14.6. The molecule has 0 unspecified atom stereocenters. The fourth-order valence-corrected chi connectivity index (χ4v) is 4.35.